The predicted molar refractivity (Wildman–Crippen MR) is 78.3 cm³/mol. The first-order valence-corrected chi connectivity index (χ1v) is 7.35. The zero-order valence-electron chi connectivity index (χ0n) is 12.1. The molecule has 2 amide bonds. The molecule has 21 heavy (non-hydrogen) atoms. The molecule has 114 valence electrons. The van der Waals surface area contributed by atoms with E-state index in [1.807, 2.05) is 13.8 Å². The molecule has 1 saturated heterocycles. The van der Waals surface area contributed by atoms with Gasteiger partial charge in [-0.2, -0.15) is 0 Å². The number of halogens is 2. The van der Waals surface area contributed by atoms with E-state index in [1.165, 1.54) is 23.1 Å². The molecule has 6 heteroatoms. The first-order valence-electron chi connectivity index (χ1n) is 6.97. The summed E-state index contributed by atoms with van der Waals surface area (Å²) in [6.45, 7) is 3.82. The van der Waals surface area contributed by atoms with Gasteiger partial charge in [-0.3, -0.25) is 9.59 Å². The number of carbonyl (C=O) groups excluding carboxylic acids is 2. The lowest BCUT2D eigenvalue weighted by Gasteiger charge is -2.45. The van der Waals surface area contributed by atoms with E-state index in [2.05, 4.69) is 5.32 Å². The van der Waals surface area contributed by atoms with Gasteiger partial charge in [0, 0.05) is 11.6 Å². The standard InChI is InChI=1S/C15H18ClFN2O2/c1-3-15(4-2)14(21)18-8-13(20)19(15)9-10-7-11(17)5-6-12(10)16/h5-7H,3-4,8-9H2,1-2H3,(H,18,21). The summed E-state index contributed by atoms with van der Waals surface area (Å²) < 4.78 is 13.4. The smallest absolute Gasteiger partial charge is 0.246 e. The molecule has 0 aliphatic carbocycles. The molecule has 0 saturated carbocycles. The molecule has 0 aromatic heterocycles. The molecule has 2 rings (SSSR count). The van der Waals surface area contributed by atoms with Crippen LogP contribution in [0.1, 0.15) is 32.3 Å². The maximum Gasteiger partial charge on any atom is 0.246 e. The Morgan fingerprint density at radius 2 is 2.00 bits per heavy atom. The molecule has 0 radical (unpaired) electrons. The lowest BCUT2D eigenvalue weighted by molar-refractivity contribution is -0.155. The highest BCUT2D eigenvalue weighted by Crippen LogP contribution is 2.30. The highest BCUT2D eigenvalue weighted by Gasteiger charge is 2.46. The van der Waals surface area contributed by atoms with Crippen LogP contribution in [0.5, 0.6) is 0 Å². The van der Waals surface area contributed by atoms with E-state index in [9.17, 15) is 14.0 Å². The van der Waals surface area contributed by atoms with Crippen LogP contribution >= 0.6 is 11.6 Å². The van der Waals surface area contributed by atoms with Gasteiger partial charge in [-0.05, 0) is 36.6 Å². The molecule has 0 atom stereocenters. The minimum atomic E-state index is -0.898. The van der Waals surface area contributed by atoms with Crippen molar-refractivity contribution in [1.29, 1.82) is 0 Å². The SMILES string of the molecule is CCC1(CC)C(=O)NCC(=O)N1Cc1cc(F)ccc1Cl. The number of rotatable bonds is 4. The fourth-order valence-electron chi connectivity index (χ4n) is 2.80. The van der Waals surface area contributed by atoms with Crippen molar-refractivity contribution in [3.8, 4) is 0 Å². The Labute approximate surface area is 128 Å². The van der Waals surface area contributed by atoms with E-state index in [-0.39, 0.29) is 24.9 Å². The summed E-state index contributed by atoms with van der Waals surface area (Å²) in [7, 11) is 0. The van der Waals surface area contributed by atoms with Crippen LogP contribution in [0.4, 0.5) is 4.39 Å². The van der Waals surface area contributed by atoms with Crippen molar-refractivity contribution in [1.82, 2.24) is 10.2 Å². The summed E-state index contributed by atoms with van der Waals surface area (Å²) >= 11 is 6.07. The molecule has 0 unspecified atom stereocenters. The minimum Gasteiger partial charge on any atom is -0.345 e. The number of hydrogen-bond donors (Lipinski definition) is 1. The Kier molecular flexibility index (Phi) is 4.52. The first-order chi connectivity index (χ1) is 9.94. The van der Waals surface area contributed by atoms with Crippen LogP contribution in [0.15, 0.2) is 18.2 Å². The first kappa shape index (κ1) is 15.8. The van der Waals surface area contributed by atoms with E-state index >= 15 is 0 Å². The summed E-state index contributed by atoms with van der Waals surface area (Å²) in [5.74, 6) is -0.764. The number of amides is 2. The van der Waals surface area contributed by atoms with E-state index in [1.54, 1.807) is 0 Å². The van der Waals surface area contributed by atoms with E-state index in [0.717, 1.165) is 0 Å². The van der Waals surface area contributed by atoms with Crippen molar-refractivity contribution in [2.24, 2.45) is 0 Å². The van der Waals surface area contributed by atoms with Crippen molar-refractivity contribution in [3.63, 3.8) is 0 Å². The summed E-state index contributed by atoms with van der Waals surface area (Å²) in [5.41, 5.74) is -0.392. The second-order valence-corrected chi connectivity index (χ2v) is 5.54. The predicted octanol–water partition coefficient (Wildman–Crippen LogP) is 2.50. The molecule has 0 spiro atoms. The quantitative estimate of drug-likeness (QED) is 0.928. The number of nitrogens with one attached hydrogen (secondary N) is 1. The highest BCUT2D eigenvalue weighted by atomic mass is 35.5. The Bertz CT molecular complexity index is 573. The molecular formula is C15H18ClFN2O2. The van der Waals surface area contributed by atoms with Gasteiger partial charge in [0.1, 0.15) is 11.4 Å². The average molecular weight is 313 g/mol. The van der Waals surface area contributed by atoms with E-state index < -0.39 is 11.4 Å². The minimum absolute atomic E-state index is 0.0342. The molecule has 1 aromatic carbocycles. The van der Waals surface area contributed by atoms with Gasteiger partial charge in [0.25, 0.3) is 0 Å². The van der Waals surface area contributed by atoms with Gasteiger partial charge in [0.15, 0.2) is 0 Å². The normalized spacial score (nSPS) is 17.8. The average Bonchev–Trinajstić information content (AvgIpc) is 2.47. The molecule has 1 aromatic rings. The second kappa shape index (κ2) is 6.02. The van der Waals surface area contributed by atoms with Gasteiger partial charge in [0.05, 0.1) is 6.54 Å². The lowest BCUT2D eigenvalue weighted by atomic mass is 9.87. The zero-order chi connectivity index (χ0) is 15.6. The Hall–Kier alpha value is -1.62. The van der Waals surface area contributed by atoms with Crippen molar-refractivity contribution in [2.45, 2.75) is 38.8 Å². The van der Waals surface area contributed by atoms with Gasteiger partial charge in [0.2, 0.25) is 11.8 Å². The van der Waals surface area contributed by atoms with Crippen LogP contribution < -0.4 is 5.32 Å². The van der Waals surface area contributed by atoms with Crippen molar-refractivity contribution in [2.75, 3.05) is 6.54 Å². The molecule has 1 N–H and O–H groups in total. The summed E-state index contributed by atoms with van der Waals surface area (Å²) in [6.07, 6.45) is 0.988. The van der Waals surface area contributed by atoms with Crippen LogP contribution in [-0.2, 0) is 16.1 Å². The molecule has 4 nitrogen and oxygen atoms in total. The maximum absolute atomic E-state index is 13.4. The van der Waals surface area contributed by atoms with Crippen LogP contribution in [0, 0.1) is 5.82 Å². The van der Waals surface area contributed by atoms with Gasteiger partial charge in [-0.1, -0.05) is 25.4 Å². The summed E-state index contributed by atoms with van der Waals surface area (Å²) in [5, 5.41) is 3.01. The Morgan fingerprint density at radius 1 is 1.33 bits per heavy atom. The molecule has 1 aliphatic rings. The maximum atomic E-state index is 13.4. The van der Waals surface area contributed by atoms with Crippen LogP contribution in [0.25, 0.3) is 0 Å². The largest absolute Gasteiger partial charge is 0.345 e. The molecular weight excluding hydrogens is 295 g/mol. The second-order valence-electron chi connectivity index (χ2n) is 5.14. The van der Waals surface area contributed by atoms with E-state index in [4.69, 9.17) is 11.6 Å². The van der Waals surface area contributed by atoms with Gasteiger partial charge in [-0.25, -0.2) is 4.39 Å². The number of piperazine rings is 1. The fraction of sp³-hybridized carbons (Fsp3) is 0.467. The Balaban J connectivity index is 2.40. The number of hydrogen-bond acceptors (Lipinski definition) is 2. The molecule has 1 aliphatic heterocycles. The van der Waals surface area contributed by atoms with E-state index in [0.29, 0.717) is 23.4 Å². The molecule has 1 heterocycles. The van der Waals surface area contributed by atoms with Gasteiger partial charge in [-0.15, -0.1) is 0 Å². The van der Waals surface area contributed by atoms with Crippen molar-refractivity contribution in [3.05, 3.63) is 34.6 Å². The number of benzene rings is 1. The van der Waals surface area contributed by atoms with Crippen LogP contribution in [0.3, 0.4) is 0 Å². The zero-order valence-corrected chi connectivity index (χ0v) is 12.8. The Morgan fingerprint density at radius 3 is 2.62 bits per heavy atom. The van der Waals surface area contributed by atoms with Crippen LogP contribution in [0.2, 0.25) is 5.02 Å². The monoisotopic (exact) mass is 312 g/mol. The van der Waals surface area contributed by atoms with Crippen LogP contribution in [-0.4, -0.2) is 28.8 Å². The third-order valence-corrected chi connectivity index (χ3v) is 4.52. The summed E-state index contributed by atoms with van der Waals surface area (Å²) in [4.78, 5) is 26.0. The molecule has 0 bridgehead atoms. The van der Waals surface area contributed by atoms with Gasteiger partial charge < -0.3 is 10.2 Å². The topological polar surface area (TPSA) is 49.4 Å². The lowest BCUT2D eigenvalue weighted by Crippen LogP contribution is -2.66. The summed E-state index contributed by atoms with van der Waals surface area (Å²) in [6, 6.07) is 4.03. The number of carbonyl (C=O) groups is 2. The van der Waals surface area contributed by atoms with Gasteiger partial charge >= 0.3 is 0 Å². The van der Waals surface area contributed by atoms with Crippen molar-refractivity contribution < 1.29 is 14.0 Å². The molecule has 1 fully saturated rings. The highest BCUT2D eigenvalue weighted by molar-refractivity contribution is 6.31. The third kappa shape index (κ3) is 2.75. The third-order valence-electron chi connectivity index (χ3n) is 4.15. The fourth-order valence-corrected chi connectivity index (χ4v) is 2.98. The number of nitrogens with zero attached hydrogens (tertiary/aromatic N) is 1. The van der Waals surface area contributed by atoms with Crippen molar-refractivity contribution >= 4 is 23.4 Å².